The topological polar surface area (TPSA) is 109 Å². The first-order valence-corrected chi connectivity index (χ1v) is 15.1. The van der Waals surface area contributed by atoms with E-state index in [4.69, 9.17) is 0 Å². The van der Waals surface area contributed by atoms with Crippen molar-refractivity contribution in [3.63, 3.8) is 0 Å². The Labute approximate surface area is 236 Å². The molecule has 1 aliphatic heterocycles. The number of fused-ring (bicyclic) bond motifs is 1. The van der Waals surface area contributed by atoms with Crippen molar-refractivity contribution >= 4 is 51.7 Å². The van der Waals surface area contributed by atoms with E-state index in [1.807, 2.05) is 18.2 Å². The molecule has 10 heteroatoms. The number of nitrogens with zero attached hydrogens (tertiary/aromatic N) is 3. The second-order valence-electron chi connectivity index (χ2n) is 9.39. The quantitative estimate of drug-likeness (QED) is 0.0719. The van der Waals surface area contributed by atoms with Crippen LogP contribution in [0.2, 0.25) is 0 Å². The molecule has 1 aliphatic rings. The Bertz CT molecular complexity index is 1260. The average Bonchev–Trinajstić information content (AvgIpc) is 3.50. The fourth-order valence-corrected chi connectivity index (χ4v) is 6.06. The summed E-state index contributed by atoms with van der Waals surface area (Å²) in [5, 5.41) is 11.3. The van der Waals surface area contributed by atoms with Gasteiger partial charge in [-0.15, -0.1) is 10.2 Å². The second kappa shape index (κ2) is 14.7. The molecule has 0 atom stereocenters. The number of imide groups is 1. The number of carbonyl (C=O) groups excluding carboxylic acids is 4. The Hall–Kier alpha value is -3.37. The molecule has 1 aromatic heterocycles. The van der Waals surface area contributed by atoms with Gasteiger partial charge in [-0.25, -0.2) is 0 Å². The van der Waals surface area contributed by atoms with E-state index in [0.29, 0.717) is 39.1 Å². The summed E-state index contributed by atoms with van der Waals surface area (Å²) < 4.78 is 0.651. The molecule has 0 radical (unpaired) electrons. The minimum absolute atomic E-state index is 0.0304. The molecule has 8 nitrogen and oxygen atoms in total. The number of ketones is 1. The van der Waals surface area contributed by atoms with E-state index in [9.17, 15) is 19.2 Å². The Morgan fingerprint density at radius 1 is 0.769 bits per heavy atom. The Balaban J connectivity index is 1.000. The normalized spacial score (nSPS) is 12.6. The molecular formula is C29H32N4O4S2. The number of benzene rings is 2. The highest BCUT2D eigenvalue weighted by molar-refractivity contribution is 8.01. The Kier molecular flexibility index (Phi) is 10.8. The molecule has 39 heavy (non-hydrogen) atoms. The third-order valence-electron chi connectivity index (χ3n) is 6.49. The lowest BCUT2D eigenvalue weighted by Crippen LogP contribution is -2.30. The van der Waals surface area contributed by atoms with Crippen molar-refractivity contribution in [2.24, 2.45) is 0 Å². The monoisotopic (exact) mass is 564 g/mol. The van der Waals surface area contributed by atoms with E-state index in [-0.39, 0.29) is 29.3 Å². The van der Waals surface area contributed by atoms with Crippen LogP contribution in [-0.4, -0.2) is 50.9 Å². The molecule has 3 amide bonds. The van der Waals surface area contributed by atoms with Crippen LogP contribution in [0, 0.1) is 0 Å². The maximum atomic E-state index is 12.4. The number of Topliss-reactive ketones (excluding diaryl/α,β-unsaturated/α-hetero) is 1. The molecule has 3 aromatic rings. The molecule has 4 rings (SSSR count). The van der Waals surface area contributed by atoms with Gasteiger partial charge in [0.05, 0.1) is 16.9 Å². The highest BCUT2D eigenvalue weighted by Crippen LogP contribution is 2.26. The van der Waals surface area contributed by atoms with Crippen molar-refractivity contribution in [3.05, 3.63) is 71.3 Å². The number of carbonyl (C=O) groups is 4. The van der Waals surface area contributed by atoms with E-state index in [2.05, 4.69) is 15.5 Å². The van der Waals surface area contributed by atoms with Crippen molar-refractivity contribution in [2.45, 2.75) is 62.1 Å². The number of amides is 3. The van der Waals surface area contributed by atoms with Crippen LogP contribution in [0.5, 0.6) is 0 Å². The molecule has 2 heterocycles. The molecule has 0 aliphatic carbocycles. The number of unbranched alkanes of at least 4 members (excludes halogenated alkanes) is 7. The summed E-state index contributed by atoms with van der Waals surface area (Å²) in [6.45, 7) is 0.474. The van der Waals surface area contributed by atoms with Crippen molar-refractivity contribution in [1.29, 1.82) is 0 Å². The average molecular weight is 565 g/mol. The van der Waals surface area contributed by atoms with Gasteiger partial charge >= 0.3 is 0 Å². The van der Waals surface area contributed by atoms with E-state index in [1.54, 1.807) is 36.4 Å². The summed E-state index contributed by atoms with van der Waals surface area (Å²) in [5.74, 6) is -0.126. The first-order valence-electron chi connectivity index (χ1n) is 13.3. The van der Waals surface area contributed by atoms with Gasteiger partial charge in [0, 0.05) is 18.5 Å². The summed E-state index contributed by atoms with van der Waals surface area (Å²) in [4.78, 5) is 50.6. The molecular weight excluding hydrogens is 532 g/mol. The second-order valence-corrected chi connectivity index (χ2v) is 11.6. The standard InChI is InChI=1S/C29H32N4O4S2/c34-24(21-14-8-7-9-15-21)20-38-29-32-31-28(39-29)30-25(35)18-10-5-3-1-2-4-6-13-19-33-26(36)22-16-11-12-17-23(22)27(33)37/h7-9,11-12,14-17H,1-6,10,13,18-20H2,(H,30,31,35). The fourth-order valence-electron chi connectivity index (χ4n) is 4.39. The zero-order valence-electron chi connectivity index (χ0n) is 21.8. The van der Waals surface area contributed by atoms with Gasteiger partial charge in [0.25, 0.3) is 11.8 Å². The molecule has 204 valence electrons. The smallest absolute Gasteiger partial charge is 0.261 e. The summed E-state index contributed by atoms with van der Waals surface area (Å²) in [6, 6.07) is 16.1. The Morgan fingerprint density at radius 2 is 1.36 bits per heavy atom. The lowest BCUT2D eigenvalue weighted by Gasteiger charge is -2.13. The molecule has 0 fully saturated rings. The number of aromatic nitrogens is 2. The predicted molar refractivity (Wildman–Crippen MR) is 153 cm³/mol. The van der Waals surface area contributed by atoms with Crippen LogP contribution in [0.15, 0.2) is 58.9 Å². The van der Waals surface area contributed by atoms with Crippen LogP contribution >= 0.6 is 23.1 Å². The largest absolute Gasteiger partial charge is 0.301 e. The summed E-state index contributed by atoms with van der Waals surface area (Å²) in [6.07, 6.45) is 8.39. The third-order valence-corrected chi connectivity index (χ3v) is 8.46. The maximum absolute atomic E-state index is 12.4. The van der Waals surface area contributed by atoms with Gasteiger partial charge in [-0.2, -0.15) is 0 Å². The zero-order chi connectivity index (χ0) is 27.5. The highest BCUT2D eigenvalue weighted by Gasteiger charge is 2.34. The van der Waals surface area contributed by atoms with Gasteiger partial charge in [-0.3, -0.25) is 24.1 Å². The summed E-state index contributed by atoms with van der Waals surface area (Å²) in [5.41, 5.74) is 1.69. The van der Waals surface area contributed by atoms with E-state index in [1.165, 1.54) is 28.0 Å². The number of anilines is 1. The summed E-state index contributed by atoms with van der Waals surface area (Å²) >= 11 is 2.60. The molecule has 1 N–H and O–H groups in total. The van der Waals surface area contributed by atoms with E-state index in [0.717, 1.165) is 51.4 Å². The number of hydrogen-bond donors (Lipinski definition) is 1. The van der Waals surface area contributed by atoms with Crippen molar-refractivity contribution in [3.8, 4) is 0 Å². The number of nitrogens with one attached hydrogen (secondary N) is 1. The molecule has 0 spiro atoms. The van der Waals surface area contributed by atoms with Gasteiger partial charge in [0.15, 0.2) is 10.1 Å². The van der Waals surface area contributed by atoms with Crippen LogP contribution in [0.1, 0.15) is 88.9 Å². The minimum Gasteiger partial charge on any atom is -0.301 e. The van der Waals surface area contributed by atoms with Gasteiger partial charge in [-0.05, 0) is 25.0 Å². The minimum atomic E-state index is -0.180. The molecule has 0 unspecified atom stereocenters. The molecule has 0 saturated heterocycles. The Morgan fingerprint density at radius 3 is 2.03 bits per heavy atom. The molecule has 2 aromatic carbocycles. The van der Waals surface area contributed by atoms with Crippen LogP contribution in [-0.2, 0) is 4.79 Å². The zero-order valence-corrected chi connectivity index (χ0v) is 23.4. The SMILES string of the molecule is O=C(CCCCCCCCCCN1C(=O)c2ccccc2C1=O)Nc1nnc(SCC(=O)c2ccccc2)s1. The van der Waals surface area contributed by atoms with Gasteiger partial charge < -0.3 is 5.32 Å². The molecule has 0 saturated carbocycles. The van der Waals surface area contributed by atoms with Gasteiger partial charge in [0.2, 0.25) is 11.0 Å². The number of rotatable bonds is 16. The van der Waals surface area contributed by atoms with Crippen LogP contribution in [0.25, 0.3) is 0 Å². The predicted octanol–water partition coefficient (Wildman–Crippen LogP) is 6.26. The lowest BCUT2D eigenvalue weighted by molar-refractivity contribution is -0.116. The van der Waals surface area contributed by atoms with E-state index < -0.39 is 0 Å². The number of thioether (sulfide) groups is 1. The highest BCUT2D eigenvalue weighted by atomic mass is 32.2. The lowest BCUT2D eigenvalue weighted by atomic mass is 10.1. The summed E-state index contributed by atoms with van der Waals surface area (Å²) in [7, 11) is 0. The van der Waals surface area contributed by atoms with Crippen LogP contribution in [0.3, 0.4) is 0 Å². The maximum Gasteiger partial charge on any atom is 0.261 e. The van der Waals surface area contributed by atoms with E-state index >= 15 is 0 Å². The first-order chi connectivity index (χ1) is 19.0. The first kappa shape index (κ1) is 28.6. The van der Waals surface area contributed by atoms with Crippen molar-refractivity contribution in [2.75, 3.05) is 17.6 Å². The fraction of sp³-hybridized carbons (Fsp3) is 0.379. The van der Waals surface area contributed by atoms with Crippen molar-refractivity contribution < 1.29 is 19.2 Å². The van der Waals surface area contributed by atoms with Crippen molar-refractivity contribution in [1.82, 2.24) is 15.1 Å². The molecule has 0 bridgehead atoms. The van der Waals surface area contributed by atoms with Gasteiger partial charge in [-0.1, -0.05) is 104 Å². The van der Waals surface area contributed by atoms with Gasteiger partial charge in [0.1, 0.15) is 0 Å². The van der Waals surface area contributed by atoms with Crippen LogP contribution in [0.4, 0.5) is 5.13 Å². The van der Waals surface area contributed by atoms with Crippen LogP contribution < -0.4 is 5.32 Å². The number of hydrogen-bond acceptors (Lipinski definition) is 8. The third kappa shape index (κ3) is 8.31.